The van der Waals surface area contributed by atoms with E-state index in [1.54, 1.807) is 11.8 Å². The fourth-order valence-electron chi connectivity index (χ4n) is 3.64. The Hall–Kier alpha value is -3.41. The van der Waals surface area contributed by atoms with Crippen molar-refractivity contribution in [2.24, 2.45) is 17.4 Å². The maximum Gasteiger partial charge on any atom is 0.387 e. The molecule has 1 aromatic carbocycles. The average Bonchev–Trinajstić information content (AvgIpc) is 3.52. The molecule has 0 radical (unpaired) electrons. The van der Waals surface area contributed by atoms with Gasteiger partial charge in [0.05, 0.1) is 12.6 Å². The first-order chi connectivity index (χ1) is 16.2. The monoisotopic (exact) mass is 479 g/mol. The second-order valence-electron chi connectivity index (χ2n) is 8.43. The molecule has 0 bridgehead atoms. The van der Waals surface area contributed by atoms with Gasteiger partial charge in [-0.2, -0.15) is 8.78 Å². The van der Waals surface area contributed by atoms with Gasteiger partial charge in [-0.1, -0.05) is 0 Å². The molecule has 1 aromatic heterocycles. The van der Waals surface area contributed by atoms with E-state index in [4.69, 9.17) is 20.6 Å². The molecule has 12 heteroatoms. The minimum Gasteiger partial charge on any atom is -0.489 e. The highest BCUT2D eigenvalue weighted by molar-refractivity contribution is 5.94. The first-order valence-electron chi connectivity index (χ1n) is 11.0. The van der Waals surface area contributed by atoms with Crippen molar-refractivity contribution in [3.8, 4) is 23.0 Å². The van der Waals surface area contributed by atoms with Gasteiger partial charge >= 0.3 is 12.6 Å². The van der Waals surface area contributed by atoms with Crippen LogP contribution in [0.15, 0.2) is 22.6 Å². The number of hydrogen-bond donors (Lipinski definition) is 2. The molecule has 2 fully saturated rings. The third-order valence-corrected chi connectivity index (χ3v) is 5.73. The number of rotatable bonds is 8. The molecule has 4 N–H and O–H groups in total. The number of carbonyl (C=O) groups excluding carboxylic acids is 2. The summed E-state index contributed by atoms with van der Waals surface area (Å²) in [6.45, 7) is 0.262. The third kappa shape index (κ3) is 5.38. The number of oxazole rings is 1. The Morgan fingerprint density at radius 1 is 1.18 bits per heavy atom. The number of aromatic nitrogens is 1. The van der Waals surface area contributed by atoms with Crippen LogP contribution in [0, 0.1) is 5.92 Å². The van der Waals surface area contributed by atoms with Crippen LogP contribution >= 0.6 is 0 Å². The van der Waals surface area contributed by atoms with Gasteiger partial charge in [0, 0.05) is 31.7 Å². The van der Waals surface area contributed by atoms with Crippen LogP contribution in [0.4, 0.5) is 13.6 Å². The van der Waals surface area contributed by atoms with Crippen LogP contribution in [0.25, 0.3) is 11.5 Å². The summed E-state index contributed by atoms with van der Waals surface area (Å²) in [6.07, 6.45) is 2.06. The first-order valence-corrected chi connectivity index (χ1v) is 11.0. The molecule has 1 aliphatic heterocycles. The minimum absolute atomic E-state index is 0.0610. The van der Waals surface area contributed by atoms with Crippen molar-refractivity contribution in [2.45, 2.75) is 32.4 Å². The summed E-state index contributed by atoms with van der Waals surface area (Å²) in [5, 5.41) is 0. The Kier molecular flexibility index (Phi) is 6.87. The van der Waals surface area contributed by atoms with E-state index in [1.807, 2.05) is 0 Å². The largest absolute Gasteiger partial charge is 0.489 e. The van der Waals surface area contributed by atoms with E-state index in [2.05, 4.69) is 9.72 Å². The Morgan fingerprint density at radius 3 is 2.44 bits per heavy atom. The number of ether oxygens (including phenoxy) is 2. The number of urea groups is 1. The lowest BCUT2D eigenvalue weighted by atomic mass is 10.2. The molecule has 2 heterocycles. The topological polar surface area (TPSA) is 137 Å². The Morgan fingerprint density at radius 2 is 1.85 bits per heavy atom. The van der Waals surface area contributed by atoms with Gasteiger partial charge in [-0.3, -0.25) is 4.79 Å². The van der Waals surface area contributed by atoms with Crippen molar-refractivity contribution in [1.29, 1.82) is 0 Å². The number of halogens is 2. The van der Waals surface area contributed by atoms with Gasteiger partial charge in [0.1, 0.15) is 0 Å². The van der Waals surface area contributed by atoms with Gasteiger partial charge in [0.2, 0.25) is 5.89 Å². The van der Waals surface area contributed by atoms with Crippen LogP contribution < -0.4 is 20.9 Å². The lowest BCUT2D eigenvalue weighted by Gasteiger charge is -2.33. The second-order valence-corrected chi connectivity index (χ2v) is 8.43. The van der Waals surface area contributed by atoms with Crippen molar-refractivity contribution in [2.75, 3.05) is 32.8 Å². The third-order valence-electron chi connectivity index (χ3n) is 5.73. The first kappa shape index (κ1) is 23.7. The summed E-state index contributed by atoms with van der Waals surface area (Å²) in [7, 11) is 0. The Labute approximate surface area is 194 Å². The van der Waals surface area contributed by atoms with Crippen LogP contribution in [-0.2, 0) is 0 Å². The maximum absolute atomic E-state index is 13.2. The summed E-state index contributed by atoms with van der Waals surface area (Å²) >= 11 is 0. The van der Waals surface area contributed by atoms with Gasteiger partial charge in [-0.15, -0.1) is 0 Å². The van der Waals surface area contributed by atoms with E-state index in [-0.39, 0.29) is 34.8 Å². The van der Waals surface area contributed by atoms with Crippen molar-refractivity contribution in [1.82, 2.24) is 14.8 Å². The molecule has 10 nitrogen and oxygen atoms in total. The standard InChI is InChI=1S/C22H27F2N5O5/c1-12(25)18-17(20(30)28-6-8-29(9-7-28)22(26)31)27-19(34-18)14-4-5-15(33-21(23)24)16(10-14)32-11-13-2-3-13/h4-5,10,12-13,21H,2-3,6-9,11,25H2,1H3,(H2,26,31)/t12-/m0/s1. The maximum atomic E-state index is 13.2. The van der Waals surface area contributed by atoms with Gasteiger partial charge in [0.15, 0.2) is 23.0 Å². The molecule has 1 saturated carbocycles. The lowest BCUT2D eigenvalue weighted by Crippen LogP contribution is -2.52. The summed E-state index contributed by atoms with van der Waals surface area (Å²) < 4.78 is 41.8. The number of piperazine rings is 1. The van der Waals surface area contributed by atoms with E-state index in [9.17, 15) is 18.4 Å². The van der Waals surface area contributed by atoms with Gasteiger partial charge in [-0.05, 0) is 43.9 Å². The molecule has 3 amide bonds. The van der Waals surface area contributed by atoms with E-state index < -0.39 is 18.7 Å². The summed E-state index contributed by atoms with van der Waals surface area (Å²) in [6, 6.07) is 3.18. The van der Waals surface area contributed by atoms with Gasteiger partial charge in [0.25, 0.3) is 5.91 Å². The van der Waals surface area contributed by atoms with E-state index in [0.29, 0.717) is 44.3 Å². The summed E-state index contributed by atoms with van der Waals surface area (Å²) in [5.41, 5.74) is 11.8. The van der Waals surface area contributed by atoms with Crippen LogP contribution in [-0.4, -0.2) is 66.1 Å². The molecule has 34 heavy (non-hydrogen) atoms. The molecule has 1 aliphatic carbocycles. The van der Waals surface area contributed by atoms with Crippen LogP contribution in [0.1, 0.15) is 42.1 Å². The van der Waals surface area contributed by atoms with Crippen molar-refractivity contribution in [3.05, 3.63) is 29.7 Å². The highest BCUT2D eigenvalue weighted by atomic mass is 19.3. The molecule has 4 rings (SSSR count). The molecular formula is C22H27F2N5O5. The van der Waals surface area contributed by atoms with Crippen LogP contribution in [0.3, 0.4) is 0 Å². The molecule has 1 saturated heterocycles. The van der Waals surface area contributed by atoms with Gasteiger partial charge < -0.3 is 35.2 Å². The fraction of sp³-hybridized carbons (Fsp3) is 0.500. The molecule has 2 aliphatic rings. The summed E-state index contributed by atoms with van der Waals surface area (Å²) in [4.78, 5) is 31.9. The average molecular weight is 479 g/mol. The molecule has 1 atom stereocenters. The minimum atomic E-state index is -3.00. The summed E-state index contributed by atoms with van der Waals surface area (Å²) in [5.74, 6) is 0.364. The quantitative estimate of drug-likeness (QED) is 0.594. The molecule has 2 aromatic rings. The van der Waals surface area contributed by atoms with Crippen molar-refractivity contribution < 1.29 is 32.3 Å². The number of benzene rings is 1. The van der Waals surface area contributed by atoms with E-state index >= 15 is 0 Å². The molecular weight excluding hydrogens is 452 g/mol. The predicted molar refractivity (Wildman–Crippen MR) is 116 cm³/mol. The Balaban J connectivity index is 1.59. The Bertz CT molecular complexity index is 1050. The second kappa shape index (κ2) is 9.84. The van der Waals surface area contributed by atoms with Crippen molar-refractivity contribution >= 4 is 11.9 Å². The predicted octanol–water partition coefficient (Wildman–Crippen LogP) is 2.59. The number of amides is 3. The molecule has 184 valence electrons. The molecule has 0 spiro atoms. The smallest absolute Gasteiger partial charge is 0.387 e. The highest BCUT2D eigenvalue weighted by Crippen LogP contribution is 2.37. The lowest BCUT2D eigenvalue weighted by molar-refractivity contribution is -0.0515. The van der Waals surface area contributed by atoms with Crippen LogP contribution in [0.5, 0.6) is 11.5 Å². The highest BCUT2D eigenvalue weighted by Gasteiger charge is 2.30. The number of hydrogen-bond acceptors (Lipinski definition) is 7. The zero-order valence-electron chi connectivity index (χ0n) is 18.7. The zero-order chi connectivity index (χ0) is 24.4. The van der Waals surface area contributed by atoms with Crippen LogP contribution in [0.2, 0.25) is 0 Å². The molecule has 0 unspecified atom stereocenters. The fourth-order valence-corrected chi connectivity index (χ4v) is 3.64. The number of primary amides is 1. The number of alkyl halides is 2. The van der Waals surface area contributed by atoms with Gasteiger partial charge in [-0.25, -0.2) is 9.78 Å². The zero-order valence-corrected chi connectivity index (χ0v) is 18.7. The normalized spacial score (nSPS) is 17.1. The van der Waals surface area contributed by atoms with E-state index in [1.165, 1.54) is 23.1 Å². The van der Waals surface area contributed by atoms with Crippen molar-refractivity contribution in [3.63, 3.8) is 0 Å². The number of carbonyl (C=O) groups is 2. The SMILES string of the molecule is C[C@H](N)c1oc(-c2ccc(OC(F)F)c(OCC3CC3)c2)nc1C(=O)N1CCN(C(N)=O)CC1. The number of nitrogens with two attached hydrogens (primary N) is 2. The van der Waals surface area contributed by atoms with E-state index in [0.717, 1.165) is 12.8 Å². The number of nitrogens with zero attached hydrogens (tertiary/aromatic N) is 3.